The third kappa shape index (κ3) is 3.51. The molecule has 7 heteroatoms. The van der Waals surface area contributed by atoms with Crippen LogP contribution in [0.1, 0.15) is 36.0 Å². The highest BCUT2D eigenvalue weighted by molar-refractivity contribution is 5.96. The lowest BCUT2D eigenvalue weighted by Gasteiger charge is -2.14. The lowest BCUT2D eigenvalue weighted by molar-refractivity contribution is 0.0937. The fraction of sp³-hybridized carbons (Fsp3) is 0.263. The van der Waals surface area contributed by atoms with Crippen molar-refractivity contribution < 1.29 is 18.0 Å². The highest BCUT2D eigenvalue weighted by Crippen LogP contribution is 2.18. The van der Waals surface area contributed by atoms with Crippen LogP contribution in [-0.4, -0.2) is 10.5 Å². The van der Waals surface area contributed by atoms with E-state index in [0.29, 0.717) is 18.7 Å². The molecule has 0 saturated heterocycles. The van der Waals surface area contributed by atoms with Crippen molar-refractivity contribution in [2.75, 3.05) is 0 Å². The molecule has 0 spiro atoms. The largest absolute Gasteiger partial charge is 0.467 e. The lowest BCUT2D eigenvalue weighted by atomic mass is 10.1. The summed E-state index contributed by atoms with van der Waals surface area (Å²) in [5.41, 5.74) is -0.411. The Morgan fingerprint density at radius 2 is 2.00 bits per heavy atom. The molecule has 0 aliphatic rings. The van der Waals surface area contributed by atoms with Crippen molar-refractivity contribution in [1.82, 2.24) is 9.88 Å². The zero-order valence-electron chi connectivity index (χ0n) is 14.2. The van der Waals surface area contributed by atoms with Crippen LogP contribution in [0.15, 0.2) is 45.8 Å². The Morgan fingerprint density at radius 1 is 1.23 bits per heavy atom. The Balaban J connectivity index is 2.04. The summed E-state index contributed by atoms with van der Waals surface area (Å²) >= 11 is 0. The van der Waals surface area contributed by atoms with E-state index < -0.39 is 23.1 Å². The van der Waals surface area contributed by atoms with Gasteiger partial charge in [0.2, 0.25) is 0 Å². The molecule has 2 aromatic heterocycles. The van der Waals surface area contributed by atoms with E-state index in [0.717, 1.165) is 18.6 Å². The number of hydrogen-bond donors (Lipinski definition) is 1. The van der Waals surface area contributed by atoms with Crippen molar-refractivity contribution in [2.24, 2.45) is 0 Å². The maximum absolute atomic E-state index is 13.6. The molecule has 0 radical (unpaired) electrons. The van der Waals surface area contributed by atoms with Crippen LogP contribution in [0.25, 0.3) is 10.8 Å². The maximum Gasteiger partial charge on any atom is 0.268 e. The van der Waals surface area contributed by atoms with E-state index in [4.69, 9.17) is 4.42 Å². The van der Waals surface area contributed by atoms with Crippen molar-refractivity contribution in [1.29, 1.82) is 0 Å². The smallest absolute Gasteiger partial charge is 0.268 e. The fourth-order valence-electron chi connectivity index (χ4n) is 2.74. The molecule has 0 unspecified atom stereocenters. The number of unbranched alkanes of at least 4 members (excludes halogenated alkanes) is 1. The van der Waals surface area contributed by atoms with Crippen LogP contribution in [0, 0.1) is 11.6 Å². The Kier molecular flexibility index (Phi) is 5.16. The highest BCUT2D eigenvalue weighted by Gasteiger charge is 2.17. The summed E-state index contributed by atoms with van der Waals surface area (Å²) < 4.78 is 33.6. The van der Waals surface area contributed by atoms with Crippen LogP contribution >= 0.6 is 0 Å². The van der Waals surface area contributed by atoms with E-state index in [1.807, 2.05) is 6.92 Å². The van der Waals surface area contributed by atoms with E-state index in [-0.39, 0.29) is 23.0 Å². The molecule has 0 saturated carbocycles. The number of halogens is 2. The maximum atomic E-state index is 13.6. The summed E-state index contributed by atoms with van der Waals surface area (Å²) in [5, 5.41) is 2.90. The number of fused-ring (bicyclic) bond motifs is 1. The number of nitrogens with zero attached hydrogens (tertiary/aromatic N) is 1. The van der Waals surface area contributed by atoms with E-state index >= 15 is 0 Å². The lowest BCUT2D eigenvalue weighted by Crippen LogP contribution is -2.32. The standard InChI is InChI=1S/C19H18F2N2O3/c1-2-3-6-23-17(18(24)22-11-13-5-4-7-26-13)9-12-8-15(20)16(21)10-14(12)19(23)25/h4-5,7-10H,2-3,6,11H2,1H3,(H,22,24). The highest BCUT2D eigenvalue weighted by atomic mass is 19.2. The molecule has 3 rings (SSSR count). The van der Waals surface area contributed by atoms with Crippen LogP contribution in [0.4, 0.5) is 8.78 Å². The number of carbonyl (C=O) groups excluding carboxylic acids is 1. The Bertz CT molecular complexity index is 994. The minimum atomic E-state index is -1.09. The zero-order chi connectivity index (χ0) is 18.7. The van der Waals surface area contributed by atoms with Gasteiger partial charge in [-0.1, -0.05) is 13.3 Å². The minimum absolute atomic E-state index is 0.0441. The zero-order valence-corrected chi connectivity index (χ0v) is 14.2. The molecule has 0 aliphatic heterocycles. The molecule has 0 bridgehead atoms. The van der Waals surface area contributed by atoms with Crippen LogP contribution in [-0.2, 0) is 13.1 Å². The predicted molar refractivity (Wildman–Crippen MR) is 92.9 cm³/mol. The predicted octanol–water partition coefficient (Wildman–Crippen LogP) is 3.60. The molecule has 1 N–H and O–H groups in total. The van der Waals surface area contributed by atoms with Gasteiger partial charge in [-0.25, -0.2) is 8.78 Å². The third-order valence-electron chi connectivity index (χ3n) is 4.12. The quantitative estimate of drug-likeness (QED) is 0.730. The number of rotatable bonds is 6. The van der Waals surface area contributed by atoms with Crippen molar-refractivity contribution in [3.05, 3.63) is 70.0 Å². The second kappa shape index (κ2) is 7.51. The van der Waals surface area contributed by atoms with Crippen molar-refractivity contribution in [3.63, 3.8) is 0 Å². The number of hydrogen-bond acceptors (Lipinski definition) is 3. The molecule has 5 nitrogen and oxygen atoms in total. The molecule has 0 aliphatic carbocycles. The molecule has 3 aromatic rings. The van der Waals surface area contributed by atoms with Gasteiger partial charge in [-0.05, 0) is 42.1 Å². The average molecular weight is 360 g/mol. The topological polar surface area (TPSA) is 64.2 Å². The summed E-state index contributed by atoms with van der Waals surface area (Å²) in [7, 11) is 0. The van der Waals surface area contributed by atoms with Gasteiger partial charge in [-0.3, -0.25) is 9.59 Å². The summed E-state index contributed by atoms with van der Waals surface area (Å²) in [6.45, 7) is 2.43. The molecular weight excluding hydrogens is 342 g/mol. The summed E-state index contributed by atoms with van der Waals surface area (Å²) in [6, 6.07) is 6.63. The van der Waals surface area contributed by atoms with Crippen molar-refractivity contribution in [3.8, 4) is 0 Å². The monoisotopic (exact) mass is 360 g/mol. The van der Waals surface area contributed by atoms with Gasteiger partial charge in [-0.2, -0.15) is 0 Å². The van der Waals surface area contributed by atoms with Gasteiger partial charge in [0.1, 0.15) is 11.5 Å². The molecule has 136 valence electrons. The molecule has 0 atom stereocenters. The van der Waals surface area contributed by atoms with Gasteiger partial charge in [0.15, 0.2) is 11.6 Å². The number of furan rings is 1. The van der Waals surface area contributed by atoms with Gasteiger partial charge >= 0.3 is 0 Å². The molecular formula is C19H18F2N2O3. The summed E-state index contributed by atoms with van der Waals surface area (Å²) in [4.78, 5) is 25.3. The molecule has 1 aromatic carbocycles. The van der Waals surface area contributed by atoms with E-state index in [9.17, 15) is 18.4 Å². The first-order chi connectivity index (χ1) is 12.5. The number of amides is 1. The van der Waals surface area contributed by atoms with Gasteiger partial charge in [0.25, 0.3) is 11.5 Å². The third-order valence-corrected chi connectivity index (χ3v) is 4.12. The van der Waals surface area contributed by atoms with Crippen molar-refractivity contribution in [2.45, 2.75) is 32.9 Å². The first-order valence-corrected chi connectivity index (χ1v) is 8.34. The Labute approximate surface area is 148 Å². The Morgan fingerprint density at radius 3 is 2.69 bits per heavy atom. The average Bonchev–Trinajstić information content (AvgIpc) is 3.14. The first kappa shape index (κ1) is 17.8. The van der Waals surface area contributed by atoms with Gasteiger partial charge in [-0.15, -0.1) is 0 Å². The fourth-order valence-corrected chi connectivity index (χ4v) is 2.74. The SMILES string of the molecule is CCCCn1c(C(=O)NCc2ccco2)cc2cc(F)c(F)cc2c1=O. The number of aromatic nitrogens is 1. The number of nitrogens with one attached hydrogen (secondary N) is 1. The molecule has 0 fully saturated rings. The molecule has 26 heavy (non-hydrogen) atoms. The summed E-state index contributed by atoms with van der Waals surface area (Å²) in [6.07, 6.45) is 2.98. The Hall–Kier alpha value is -2.96. The molecule has 2 heterocycles. The van der Waals surface area contributed by atoms with E-state index in [1.54, 1.807) is 12.1 Å². The van der Waals surface area contributed by atoms with Crippen LogP contribution in [0.5, 0.6) is 0 Å². The van der Waals surface area contributed by atoms with Crippen molar-refractivity contribution >= 4 is 16.7 Å². The minimum Gasteiger partial charge on any atom is -0.467 e. The van der Waals surface area contributed by atoms with Crippen LogP contribution < -0.4 is 10.9 Å². The number of benzene rings is 1. The van der Waals surface area contributed by atoms with Gasteiger partial charge in [0.05, 0.1) is 18.2 Å². The second-order valence-corrected chi connectivity index (χ2v) is 5.96. The summed E-state index contributed by atoms with van der Waals surface area (Å²) in [5.74, 6) is -2.08. The van der Waals surface area contributed by atoms with Crippen LogP contribution in [0.3, 0.4) is 0 Å². The number of carbonyl (C=O) groups is 1. The first-order valence-electron chi connectivity index (χ1n) is 8.34. The van der Waals surface area contributed by atoms with Gasteiger partial charge < -0.3 is 14.3 Å². The number of pyridine rings is 1. The van der Waals surface area contributed by atoms with E-state index in [1.165, 1.54) is 16.9 Å². The normalized spacial score (nSPS) is 11.0. The van der Waals surface area contributed by atoms with Gasteiger partial charge in [0, 0.05) is 6.54 Å². The molecule has 1 amide bonds. The van der Waals surface area contributed by atoms with Crippen LogP contribution in [0.2, 0.25) is 0 Å². The second-order valence-electron chi connectivity index (χ2n) is 5.96. The van der Waals surface area contributed by atoms with E-state index in [2.05, 4.69) is 5.32 Å².